The first-order valence-corrected chi connectivity index (χ1v) is 31.5. The number of benzene rings is 4. The van der Waals surface area contributed by atoms with Gasteiger partial charge in [-0.15, -0.1) is 0 Å². The molecule has 2 aliphatic rings. The fraction of sp³-hybridized carbons (Fsp3) is 0.500. The van der Waals surface area contributed by atoms with Gasteiger partial charge in [0.05, 0.1) is 0 Å². The minimum Gasteiger partial charge on any atom is -1.00 e. The van der Waals surface area contributed by atoms with Gasteiger partial charge in [0.25, 0.3) is 0 Å². The molecule has 61 heavy (non-hydrogen) atoms. The zero-order valence-corrected chi connectivity index (χ0v) is 45.2. The van der Waals surface area contributed by atoms with Gasteiger partial charge in [-0.05, 0) is 0 Å². The summed E-state index contributed by atoms with van der Waals surface area (Å²) >= 11 is -2.42. The van der Waals surface area contributed by atoms with E-state index in [9.17, 15) is 0 Å². The van der Waals surface area contributed by atoms with Crippen molar-refractivity contribution in [3.8, 4) is 22.3 Å². The van der Waals surface area contributed by atoms with Crippen molar-refractivity contribution >= 4 is 17.1 Å². The van der Waals surface area contributed by atoms with Gasteiger partial charge in [0, 0.05) is 0 Å². The van der Waals surface area contributed by atoms with Gasteiger partial charge in [-0.25, -0.2) is 0 Å². The van der Waals surface area contributed by atoms with Crippen LogP contribution in [-0.2, 0) is 35.9 Å². The third kappa shape index (κ3) is 11.6. The van der Waals surface area contributed by atoms with Gasteiger partial charge in [-0.3, -0.25) is 0 Å². The first-order chi connectivity index (χ1) is 27.9. The van der Waals surface area contributed by atoms with Crippen LogP contribution < -0.4 is 24.8 Å². The van der Waals surface area contributed by atoms with Gasteiger partial charge >= 0.3 is 371 Å². The topological polar surface area (TPSA) is 9.23 Å². The molecule has 328 valence electrons. The maximum Gasteiger partial charge on any atom is -1.00 e. The monoisotopic (exact) mass is 952 g/mol. The second kappa shape index (κ2) is 21.3. The predicted molar refractivity (Wildman–Crippen MR) is 258 cm³/mol. The van der Waals surface area contributed by atoms with Crippen molar-refractivity contribution in [1.82, 2.24) is 0 Å². The Labute approximate surface area is 393 Å². The zero-order chi connectivity index (χ0) is 42.9. The minimum atomic E-state index is -2.42. The van der Waals surface area contributed by atoms with E-state index >= 15 is 0 Å². The molecule has 0 saturated heterocycles. The van der Waals surface area contributed by atoms with Crippen LogP contribution in [0.25, 0.3) is 33.9 Å². The molecule has 2 atom stereocenters. The molecule has 6 rings (SSSR count). The van der Waals surface area contributed by atoms with Crippen molar-refractivity contribution in [2.24, 2.45) is 5.92 Å². The van der Waals surface area contributed by atoms with Gasteiger partial charge in [0.2, 0.25) is 0 Å². The van der Waals surface area contributed by atoms with E-state index in [1.165, 1.54) is 76.7 Å². The summed E-state index contributed by atoms with van der Waals surface area (Å²) in [6.07, 6.45) is 8.74. The summed E-state index contributed by atoms with van der Waals surface area (Å²) in [6, 6.07) is 36.6. The van der Waals surface area contributed by atoms with Crippen molar-refractivity contribution in [2.45, 2.75) is 165 Å². The van der Waals surface area contributed by atoms with Crippen LogP contribution in [0.3, 0.4) is 0 Å². The van der Waals surface area contributed by atoms with Crippen LogP contribution in [-0.4, -0.2) is 17.6 Å². The Hall–Kier alpha value is -2.00. The van der Waals surface area contributed by atoms with Gasteiger partial charge in [-0.1, -0.05) is 0 Å². The third-order valence-electron chi connectivity index (χ3n) is 13.2. The summed E-state index contributed by atoms with van der Waals surface area (Å²) in [5.41, 5.74) is 19.6. The molecule has 2 unspecified atom stereocenters. The zero-order valence-electron chi connectivity index (χ0n) is 40.2. The van der Waals surface area contributed by atoms with E-state index in [1.807, 2.05) is 0 Å². The minimum absolute atomic E-state index is 0. The van der Waals surface area contributed by atoms with Crippen LogP contribution >= 0.6 is 0 Å². The van der Waals surface area contributed by atoms with Crippen molar-refractivity contribution in [1.29, 1.82) is 0 Å². The summed E-state index contributed by atoms with van der Waals surface area (Å²) in [5, 5.41) is 0. The van der Waals surface area contributed by atoms with E-state index < -0.39 is 25.8 Å². The standard InChI is InChI=1S/C30H41O.C22H25.C4H10Si.2ClH.Zr/c1-22-21-24-13-12-15-27(23-16-18-25(19-17-23)29(2,3)4)28(24)26(22)14-10-8-9-11-20-31-30(5,6)7;1-15(2)18-13-17-7-6-8-20(21(17)14-18)16-9-11-19(12-10-16)22(3,4)5;1-3-5-4-2;;;/h12-13,15-19,21H,8-11,14,20H2,1-7H3;6-15H,1-5H3;3-4H2,1-2H3;2*1H;/q;;;;;+2/p-2. The van der Waals surface area contributed by atoms with Crippen LogP contribution in [0.2, 0.25) is 12.1 Å². The Morgan fingerprint density at radius 2 is 1.13 bits per heavy atom. The van der Waals surface area contributed by atoms with Crippen LogP contribution in [0.4, 0.5) is 0 Å². The Morgan fingerprint density at radius 3 is 1.64 bits per heavy atom. The normalized spacial score (nSPS) is 16.1. The second-order valence-electron chi connectivity index (χ2n) is 21.0. The van der Waals surface area contributed by atoms with Gasteiger partial charge in [-0.2, -0.15) is 0 Å². The molecule has 0 aromatic heterocycles. The molecule has 0 N–H and O–H groups in total. The van der Waals surface area contributed by atoms with E-state index in [0.29, 0.717) is 13.2 Å². The van der Waals surface area contributed by atoms with E-state index in [1.54, 1.807) is 33.4 Å². The summed E-state index contributed by atoms with van der Waals surface area (Å²) in [7, 11) is 0. The molecule has 0 saturated carbocycles. The maximum atomic E-state index is 6.09. The largest absolute Gasteiger partial charge is 1.00 e. The number of rotatable bonds is 14. The number of hydrogen-bond acceptors (Lipinski definition) is 1. The number of allylic oxidation sites excluding steroid dienone is 3. The van der Waals surface area contributed by atoms with Crippen molar-refractivity contribution in [3.05, 3.63) is 129 Å². The Balaban J connectivity index is 0.00000410. The average molecular weight is 955 g/mol. The van der Waals surface area contributed by atoms with Crippen LogP contribution in [0.1, 0.15) is 170 Å². The second-order valence-corrected chi connectivity index (χ2v) is 37.3. The number of hydrogen-bond donors (Lipinski definition) is 0. The molecule has 0 radical (unpaired) electrons. The summed E-state index contributed by atoms with van der Waals surface area (Å²) in [4.78, 5) is 0. The Kier molecular flexibility index (Phi) is 18.1. The molecule has 0 amide bonds. The maximum absolute atomic E-state index is 6.09. The van der Waals surface area contributed by atoms with Crippen LogP contribution in [0.15, 0.2) is 96.1 Å². The fourth-order valence-corrected chi connectivity index (χ4v) is 35.3. The molecule has 2 aliphatic carbocycles. The van der Waals surface area contributed by atoms with Crippen molar-refractivity contribution < 1.29 is 49.9 Å². The summed E-state index contributed by atoms with van der Waals surface area (Å²) in [6.45, 7) is 33.9. The fourth-order valence-electron chi connectivity index (χ4n) is 9.91. The molecule has 0 heterocycles. The smallest absolute Gasteiger partial charge is 1.00 e. The van der Waals surface area contributed by atoms with E-state index in [0.717, 1.165) is 13.0 Å². The molecule has 0 fully saturated rings. The summed E-state index contributed by atoms with van der Waals surface area (Å²) < 4.78 is 7.31. The molecule has 0 aliphatic heterocycles. The predicted octanol–water partition coefficient (Wildman–Crippen LogP) is 10.7. The molecule has 4 aromatic carbocycles. The number of halogens is 2. The van der Waals surface area contributed by atoms with E-state index in [-0.39, 0.29) is 41.2 Å². The SMILES string of the molecule is CC[Si](CC)=[Zr+2]([CH]1C(C(C)C)=Cc2c(-c3ccc(C(C)(C)C)cc3)cccc21)[CH]1C(C)=C(CCCCCCOC(C)(C)C)c2c(-c3ccc(C(C)(C)C)cc3)cccc21.[Cl-].[Cl-]. The number of fused-ring (bicyclic) bond motifs is 2. The van der Waals surface area contributed by atoms with Gasteiger partial charge in [0.1, 0.15) is 0 Å². The first-order valence-electron chi connectivity index (χ1n) is 23.1. The molecule has 5 heteroatoms. The molecular weight excluding hydrogens is 879 g/mol. The van der Waals surface area contributed by atoms with Gasteiger partial charge < -0.3 is 24.8 Å². The van der Waals surface area contributed by atoms with Crippen molar-refractivity contribution in [2.75, 3.05) is 6.61 Å². The Morgan fingerprint density at radius 1 is 0.623 bits per heavy atom. The van der Waals surface area contributed by atoms with Gasteiger partial charge in [0.15, 0.2) is 0 Å². The van der Waals surface area contributed by atoms with E-state index in [2.05, 4.69) is 188 Å². The first kappa shape index (κ1) is 51.6. The molecular formula is C56H76Cl2OSiZr. The summed E-state index contributed by atoms with van der Waals surface area (Å²) in [5.74, 6) is 0.524. The van der Waals surface area contributed by atoms with Crippen LogP contribution in [0, 0.1) is 5.92 Å². The van der Waals surface area contributed by atoms with E-state index in [4.69, 9.17) is 4.74 Å². The molecule has 1 nitrogen and oxygen atoms in total. The quantitative estimate of drug-likeness (QED) is 0.0904. The third-order valence-corrected chi connectivity index (χ3v) is 36.9. The molecule has 0 spiro atoms. The molecule has 4 aromatic rings. The molecule has 0 bridgehead atoms. The number of ether oxygens (including phenoxy) is 1. The van der Waals surface area contributed by atoms with Crippen LogP contribution in [0.5, 0.6) is 0 Å². The van der Waals surface area contributed by atoms with Crippen molar-refractivity contribution in [3.63, 3.8) is 0 Å². The number of unbranched alkanes of at least 4 members (excludes halogenated alkanes) is 3. The average Bonchev–Trinajstić information content (AvgIpc) is 3.70. The Bertz CT molecular complexity index is 2200.